The van der Waals surface area contributed by atoms with Gasteiger partial charge in [-0.05, 0) is 43.7 Å². The van der Waals surface area contributed by atoms with E-state index in [4.69, 9.17) is 24.3 Å². The molecule has 5 N–H and O–H groups in total. The van der Waals surface area contributed by atoms with Gasteiger partial charge in [-0.25, -0.2) is 22.7 Å². The lowest BCUT2D eigenvalue weighted by Crippen LogP contribution is -2.52. The van der Waals surface area contributed by atoms with Crippen molar-refractivity contribution in [3.05, 3.63) is 59.1 Å². The molecular formula is C27H30F3N6O8P. The smallest absolute Gasteiger partial charge is 0.459 e. The normalized spacial score (nSPS) is 23.9. The number of rotatable bonds is 11. The number of hydrogen-bond donors (Lipinski definition) is 4. The maximum absolute atomic E-state index is 15.5. The van der Waals surface area contributed by atoms with Gasteiger partial charge < -0.3 is 24.8 Å². The summed E-state index contributed by atoms with van der Waals surface area (Å²) < 4.78 is 81.4. The molecule has 0 bridgehead atoms. The average molecular weight is 655 g/mol. The molecule has 2 aromatic heterocycles. The highest BCUT2D eigenvalue weighted by molar-refractivity contribution is 7.52. The van der Waals surface area contributed by atoms with Gasteiger partial charge in [0.15, 0.2) is 29.2 Å². The zero-order valence-electron chi connectivity index (χ0n) is 24.1. The summed E-state index contributed by atoms with van der Waals surface area (Å²) in [4.78, 5) is 34.6. The molecule has 0 saturated carbocycles. The predicted octanol–water partition coefficient (Wildman–Crippen LogP) is 3.22. The molecule has 6 atom stereocenters. The highest BCUT2D eigenvalue weighted by Crippen LogP contribution is 2.50. The number of hydrogen-bond acceptors (Lipinski definition) is 11. The van der Waals surface area contributed by atoms with E-state index in [0.717, 1.165) is 16.3 Å². The van der Waals surface area contributed by atoms with Crippen LogP contribution in [0.5, 0.6) is 5.75 Å². The Hall–Kier alpha value is -4.02. The molecule has 18 heteroatoms. The fraction of sp³-hybridized carbons (Fsp3) is 0.407. The highest BCUT2D eigenvalue weighted by Gasteiger charge is 2.62. The number of anilines is 1. The first kappa shape index (κ1) is 32.4. The number of carbonyl (C=O) groups is 1. The number of aromatic nitrogens is 4. The fourth-order valence-corrected chi connectivity index (χ4v) is 6.27. The van der Waals surface area contributed by atoms with Crippen molar-refractivity contribution in [1.29, 1.82) is 0 Å². The molecule has 0 amide bonds. The molecule has 1 fully saturated rings. The maximum Gasteiger partial charge on any atom is 0.459 e. The number of nitrogens with zero attached hydrogens (tertiary/aromatic N) is 3. The molecular weight excluding hydrogens is 624 g/mol. The first-order valence-corrected chi connectivity index (χ1v) is 15.2. The summed E-state index contributed by atoms with van der Waals surface area (Å²) >= 11 is 0. The van der Waals surface area contributed by atoms with E-state index in [1.165, 1.54) is 19.1 Å². The average Bonchev–Trinajstić information content (AvgIpc) is 3.50. The van der Waals surface area contributed by atoms with Crippen molar-refractivity contribution in [2.75, 3.05) is 12.3 Å². The van der Waals surface area contributed by atoms with Crippen LogP contribution in [0.4, 0.5) is 19.1 Å². The van der Waals surface area contributed by atoms with Crippen molar-refractivity contribution in [3.63, 3.8) is 0 Å². The molecule has 4 aromatic rings. The van der Waals surface area contributed by atoms with Crippen LogP contribution in [0.15, 0.2) is 53.6 Å². The van der Waals surface area contributed by atoms with E-state index in [0.29, 0.717) is 5.39 Å². The topological polar surface area (TPSA) is 193 Å². The molecule has 45 heavy (non-hydrogen) atoms. The van der Waals surface area contributed by atoms with Crippen LogP contribution in [0.1, 0.15) is 27.0 Å². The summed E-state index contributed by atoms with van der Waals surface area (Å²) in [5.41, 5.74) is 1.09. The Morgan fingerprint density at radius 2 is 1.96 bits per heavy atom. The third-order valence-electron chi connectivity index (χ3n) is 6.97. The van der Waals surface area contributed by atoms with Crippen molar-refractivity contribution in [1.82, 2.24) is 24.6 Å². The highest BCUT2D eigenvalue weighted by atomic mass is 31.2. The van der Waals surface area contributed by atoms with Crippen LogP contribution >= 0.6 is 7.75 Å². The molecule has 2 aromatic carbocycles. The zero-order chi connectivity index (χ0) is 32.7. The fourth-order valence-electron chi connectivity index (χ4n) is 4.75. The summed E-state index contributed by atoms with van der Waals surface area (Å²) in [5, 5.41) is 14.6. The number of benzene rings is 2. The second-order valence-corrected chi connectivity index (χ2v) is 12.3. The van der Waals surface area contributed by atoms with Gasteiger partial charge in [-0.2, -0.15) is 10.1 Å². The Balaban J connectivity index is 1.46. The van der Waals surface area contributed by atoms with Gasteiger partial charge in [0.1, 0.15) is 17.9 Å². The van der Waals surface area contributed by atoms with Gasteiger partial charge in [-0.15, -0.1) is 0 Å². The molecule has 14 nitrogen and oxygen atoms in total. The number of aromatic amines is 1. The van der Waals surface area contributed by atoms with Gasteiger partial charge in [0, 0.05) is 0 Å². The van der Waals surface area contributed by atoms with Gasteiger partial charge in [-0.1, -0.05) is 30.3 Å². The molecule has 5 rings (SSSR count). The molecule has 0 radical (unpaired) electrons. The number of carbonyl (C=O) groups excluding carboxylic acids is 1. The molecule has 1 aliphatic rings. The number of nitrogen functional groups attached to an aromatic ring is 1. The second kappa shape index (κ2) is 12.4. The van der Waals surface area contributed by atoms with E-state index in [1.54, 1.807) is 38.1 Å². The number of fused-ring (bicyclic) bond motifs is 2. The number of H-pyrrole nitrogens is 1. The minimum absolute atomic E-state index is 0.0204. The zero-order valence-corrected chi connectivity index (χ0v) is 25.0. The number of alkyl halides is 3. The number of nitrogens with one attached hydrogen (secondary N) is 2. The van der Waals surface area contributed by atoms with Gasteiger partial charge in [0.25, 0.3) is 12.0 Å². The number of imidazole rings is 1. The van der Waals surface area contributed by atoms with E-state index in [1.807, 2.05) is 6.07 Å². The first-order chi connectivity index (χ1) is 21.2. The van der Waals surface area contributed by atoms with Gasteiger partial charge in [0.2, 0.25) is 5.95 Å². The third-order valence-corrected chi connectivity index (χ3v) is 8.60. The Morgan fingerprint density at radius 3 is 2.64 bits per heavy atom. The van der Waals surface area contributed by atoms with Gasteiger partial charge in [0.05, 0.1) is 19.0 Å². The molecule has 1 saturated heterocycles. The van der Waals surface area contributed by atoms with Crippen molar-refractivity contribution < 1.29 is 46.2 Å². The monoisotopic (exact) mass is 654 g/mol. The van der Waals surface area contributed by atoms with Crippen molar-refractivity contribution in [2.24, 2.45) is 0 Å². The standard InChI is InChI=1S/C27H30F3N6O8P/c1-13(2)42-24(39)14(3)35-45(40,44-17-9-8-15-6-4-5-7-16(15)10-17)41-11-27(25(29)30)20(37)18(28)23(43-27)36-12-32-19-21(36)33-26(31)34-22(19)38/h4-10,12-14,18,20,23,25,37H,11H2,1-3H3,(H,35,40)(H3,31,33,34,38). The second-order valence-electron chi connectivity index (χ2n) is 10.6. The van der Waals surface area contributed by atoms with Gasteiger partial charge in [-0.3, -0.25) is 23.7 Å². The largest absolute Gasteiger partial charge is 0.462 e. The molecule has 6 unspecified atom stereocenters. The SMILES string of the molecule is CC(C)OC(=O)C(C)NP(=O)(OCC1(C(F)F)OC(n2cnc3c(=O)[nH]c(N)nc32)C(F)C1O)Oc1ccc2ccccc2c1. The van der Waals surface area contributed by atoms with E-state index in [2.05, 4.69) is 20.0 Å². The number of halogens is 3. The molecule has 0 aliphatic carbocycles. The number of aliphatic hydroxyl groups excluding tert-OH is 1. The maximum atomic E-state index is 15.5. The summed E-state index contributed by atoms with van der Waals surface area (Å²) in [5.74, 6) is -1.24. The Labute approximate surface area is 253 Å². The lowest BCUT2D eigenvalue weighted by molar-refractivity contribution is -0.191. The van der Waals surface area contributed by atoms with Crippen molar-refractivity contribution in [2.45, 2.75) is 63.4 Å². The Morgan fingerprint density at radius 1 is 1.24 bits per heavy atom. The molecule has 0 spiro atoms. The minimum Gasteiger partial charge on any atom is -0.462 e. The van der Waals surface area contributed by atoms with Crippen LogP contribution < -0.4 is 20.9 Å². The van der Waals surface area contributed by atoms with E-state index >= 15 is 4.39 Å². The van der Waals surface area contributed by atoms with Crippen LogP contribution in [-0.2, 0) is 23.4 Å². The summed E-state index contributed by atoms with van der Waals surface area (Å²) in [6.45, 7) is 3.08. The Bertz CT molecular complexity index is 1820. The summed E-state index contributed by atoms with van der Waals surface area (Å²) in [6, 6.07) is 10.4. The van der Waals surface area contributed by atoms with E-state index < -0.39 is 68.6 Å². The van der Waals surface area contributed by atoms with Crippen LogP contribution in [-0.4, -0.2) is 73.6 Å². The molecule has 3 heterocycles. The van der Waals surface area contributed by atoms with Crippen LogP contribution in [0, 0.1) is 0 Å². The minimum atomic E-state index is -4.78. The number of esters is 1. The lowest BCUT2D eigenvalue weighted by atomic mass is 9.97. The number of aliphatic hydroxyl groups is 1. The summed E-state index contributed by atoms with van der Waals surface area (Å²) in [6.07, 6.45) is -10.3. The summed E-state index contributed by atoms with van der Waals surface area (Å²) in [7, 11) is -4.78. The van der Waals surface area contributed by atoms with Crippen LogP contribution in [0.2, 0.25) is 0 Å². The van der Waals surface area contributed by atoms with E-state index in [-0.39, 0.29) is 22.9 Å². The number of ether oxygens (including phenoxy) is 2. The predicted molar refractivity (Wildman–Crippen MR) is 154 cm³/mol. The van der Waals surface area contributed by atoms with Crippen LogP contribution in [0.3, 0.4) is 0 Å². The lowest BCUT2D eigenvalue weighted by Gasteiger charge is -2.32. The van der Waals surface area contributed by atoms with Crippen molar-refractivity contribution >= 4 is 41.6 Å². The number of nitrogens with two attached hydrogens (primary N) is 1. The van der Waals surface area contributed by atoms with E-state index in [9.17, 15) is 28.0 Å². The van der Waals surface area contributed by atoms with Crippen LogP contribution in [0.25, 0.3) is 21.9 Å². The van der Waals surface area contributed by atoms with Crippen molar-refractivity contribution in [3.8, 4) is 5.75 Å². The first-order valence-electron chi connectivity index (χ1n) is 13.6. The Kier molecular flexibility index (Phi) is 8.92. The van der Waals surface area contributed by atoms with Gasteiger partial charge >= 0.3 is 13.7 Å². The molecule has 242 valence electrons. The third kappa shape index (κ3) is 6.39. The quantitative estimate of drug-likeness (QED) is 0.137. The molecule has 1 aliphatic heterocycles.